The number of aromatic nitrogens is 1. The Balaban J connectivity index is 2.37. The number of nitrogens with zero attached hydrogens (tertiary/aromatic N) is 2. The molecule has 24 heavy (non-hydrogen) atoms. The van der Waals surface area contributed by atoms with Crippen molar-refractivity contribution in [3.63, 3.8) is 0 Å². The van der Waals surface area contributed by atoms with Crippen molar-refractivity contribution >= 4 is 33.9 Å². The summed E-state index contributed by atoms with van der Waals surface area (Å²) in [5.74, 6) is -1.37. The van der Waals surface area contributed by atoms with Crippen LogP contribution >= 0.6 is 22.6 Å². The van der Waals surface area contributed by atoms with Crippen LogP contribution in [0.2, 0.25) is 0 Å². The van der Waals surface area contributed by atoms with Gasteiger partial charge >= 0.3 is 0 Å². The topological polar surface area (TPSA) is 16.1 Å². The van der Waals surface area contributed by atoms with E-state index in [2.05, 4.69) is 34.2 Å². The summed E-state index contributed by atoms with van der Waals surface area (Å²) in [6.45, 7) is 6.54. The third-order valence-electron chi connectivity index (χ3n) is 3.89. The van der Waals surface area contributed by atoms with Crippen LogP contribution in [0.4, 0.5) is 8.78 Å². The van der Waals surface area contributed by atoms with Gasteiger partial charge in [0.1, 0.15) is 0 Å². The van der Waals surface area contributed by atoms with Crippen molar-refractivity contribution in [1.29, 1.82) is 0 Å². The first-order chi connectivity index (χ1) is 11.5. The van der Waals surface area contributed by atoms with E-state index in [9.17, 15) is 8.78 Å². The van der Waals surface area contributed by atoms with Gasteiger partial charge in [-0.05, 0) is 41.2 Å². The zero-order valence-corrected chi connectivity index (χ0v) is 15.2. The Morgan fingerprint density at radius 2 is 1.75 bits per heavy atom. The van der Waals surface area contributed by atoms with E-state index in [-0.39, 0.29) is 5.56 Å². The lowest BCUT2D eigenvalue weighted by molar-refractivity contribution is 0.507. The average Bonchev–Trinajstić information content (AvgIpc) is 2.58. The van der Waals surface area contributed by atoms with Gasteiger partial charge in [-0.2, -0.15) is 0 Å². The third-order valence-corrected chi connectivity index (χ3v) is 4.82. The predicted molar refractivity (Wildman–Crippen MR) is 101 cm³/mol. The van der Waals surface area contributed by atoms with E-state index in [1.165, 1.54) is 0 Å². The molecule has 0 atom stereocenters. The Hall–Kier alpha value is -2.02. The molecule has 0 aliphatic carbocycles. The molecule has 0 amide bonds. The van der Waals surface area contributed by atoms with Gasteiger partial charge in [0.2, 0.25) is 0 Å². The van der Waals surface area contributed by atoms with Crippen molar-refractivity contribution < 1.29 is 8.78 Å². The molecule has 0 fully saturated rings. The van der Waals surface area contributed by atoms with Crippen molar-refractivity contribution in [2.75, 3.05) is 6.54 Å². The average molecular weight is 436 g/mol. The molecule has 2 nitrogen and oxygen atoms in total. The molecule has 1 aromatic heterocycles. The van der Waals surface area contributed by atoms with Crippen LogP contribution < -0.4 is 0 Å². The highest BCUT2D eigenvalue weighted by Crippen LogP contribution is 2.42. The van der Waals surface area contributed by atoms with Gasteiger partial charge < -0.3 is 4.90 Å². The number of hydrogen-bond acceptors (Lipinski definition) is 2. The molecular formula is C19H15F2IN2. The summed E-state index contributed by atoms with van der Waals surface area (Å²) in [5, 5.41) is 0. The third kappa shape index (κ3) is 2.88. The van der Waals surface area contributed by atoms with Gasteiger partial charge in [-0.3, -0.25) is 4.98 Å². The molecule has 0 saturated carbocycles. The van der Waals surface area contributed by atoms with E-state index >= 15 is 0 Å². The van der Waals surface area contributed by atoms with Gasteiger partial charge in [0.15, 0.2) is 11.6 Å². The smallest absolute Gasteiger partial charge is 0.153 e. The van der Waals surface area contributed by atoms with Crippen molar-refractivity contribution in [2.45, 2.75) is 6.92 Å². The molecule has 0 saturated heterocycles. The molecule has 0 bridgehead atoms. The first kappa shape index (κ1) is 16.8. The highest BCUT2D eigenvalue weighted by Gasteiger charge is 2.28. The summed E-state index contributed by atoms with van der Waals surface area (Å²) in [7, 11) is 0. The van der Waals surface area contributed by atoms with Crippen LogP contribution in [-0.4, -0.2) is 16.4 Å². The minimum absolute atomic E-state index is 0.0768. The Morgan fingerprint density at radius 1 is 1.12 bits per heavy atom. The maximum absolute atomic E-state index is 14.4. The number of rotatable bonds is 3. The number of allylic oxidation sites excluding steroid dienone is 3. The van der Waals surface area contributed by atoms with Crippen molar-refractivity contribution in [1.82, 2.24) is 9.88 Å². The van der Waals surface area contributed by atoms with Crippen LogP contribution in [0.15, 0.2) is 64.7 Å². The molecule has 1 aromatic carbocycles. The lowest BCUT2D eigenvalue weighted by Crippen LogP contribution is -2.25. The van der Waals surface area contributed by atoms with E-state index in [0.29, 0.717) is 12.2 Å². The fourth-order valence-corrected chi connectivity index (χ4v) is 3.38. The van der Waals surface area contributed by atoms with E-state index in [1.807, 2.05) is 48.2 Å². The highest BCUT2D eigenvalue weighted by atomic mass is 127. The number of hydrogen-bond donors (Lipinski definition) is 0. The van der Waals surface area contributed by atoms with Gasteiger partial charge in [0.25, 0.3) is 0 Å². The van der Waals surface area contributed by atoms with E-state index in [4.69, 9.17) is 0 Å². The minimum Gasteiger partial charge on any atom is -0.340 e. The number of pyridine rings is 1. The molecule has 3 rings (SSSR count). The summed E-state index contributed by atoms with van der Waals surface area (Å²) >= 11 is 2.20. The minimum atomic E-state index is -0.685. The molecule has 5 heteroatoms. The largest absolute Gasteiger partial charge is 0.340 e. The Morgan fingerprint density at radius 3 is 2.33 bits per heavy atom. The Kier molecular flexibility index (Phi) is 4.80. The van der Waals surface area contributed by atoms with Crippen LogP contribution in [0.3, 0.4) is 0 Å². The number of likely N-dealkylation sites (N-methyl/N-ethyl adjacent to an activating group) is 1. The molecule has 0 spiro atoms. The Bertz CT molecular complexity index is 837. The van der Waals surface area contributed by atoms with Gasteiger partial charge in [-0.1, -0.05) is 36.9 Å². The maximum Gasteiger partial charge on any atom is 0.153 e. The highest BCUT2D eigenvalue weighted by molar-refractivity contribution is 14.1. The van der Waals surface area contributed by atoms with Gasteiger partial charge in [-0.15, -0.1) is 0 Å². The number of benzene rings is 1. The monoisotopic (exact) mass is 436 g/mol. The zero-order valence-electron chi connectivity index (χ0n) is 13.1. The lowest BCUT2D eigenvalue weighted by Gasteiger charge is -2.34. The van der Waals surface area contributed by atoms with Gasteiger partial charge in [0, 0.05) is 21.4 Å². The van der Waals surface area contributed by atoms with Crippen molar-refractivity contribution in [2.24, 2.45) is 0 Å². The summed E-state index contributed by atoms with van der Waals surface area (Å²) in [6.07, 6.45) is 3.99. The fraction of sp³-hybridized carbons (Fsp3) is 0.105. The molecule has 2 aromatic rings. The second-order valence-corrected chi connectivity index (χ2v) is 6.45. The zero-order chi connectivity index (χ0) is 17.3. The molecule has 122 valence electrons. The quantitative estimate of drug-likeness (QED) is 0.600. The normalized spacial score (nSPS) is 14.9. The second-order valence-electron chi connectivity index (χ2n) is 5.29. The van der Waals surface area contributed by atoms with Crippen molar-refractivity contribution in [3.8, 4) is 0 Å². The van der Waals surface area contributed by atoms with Crippen LogP contribution in [0.1, 0.15) is 18.1 Å². The molecule has 0 unspecified atom stereocenters. The van der Waals surface area contributed by atoms with Crippen LogP contribution in [0, 0.1) is 11.6 Å². The molecule has 0 radical (unpaired) electrons. The second kappa shape index (κ2) is 6.84. The molecular weight excluding hydrogens is 421 g/mol. The molecule has 1 aliphatic rings. The molecule has 2 heterocycles. The summed E-state index contributed by atoms with van der Waals surface area (Å²) in [5.41, 5.74) is 2.78. The SMILES string of the molecule is C=C1C(I)=CC(c2ccccc2)=C(c2c(F)cncc2F)N1CC. The summed E-state index contributed by atoms with van der Waals surface area (Å²) in [6, 6.07) is 9.56. The van der Waals surface area contributed by atoms with E-state index < -0.39 is 11.6 Å². The summed E-state index contributed by atoms with van der Waals surface area (Å²) < 4.78 is 29.8. The predicted octanol–water partition coefficient (Wildman–Crippen LogP) is 5.40. The van der Waals surface area contributed by atoms with Crippen LogP contribution in [0.25, 0.3) is 11.3 Å². The van der Waals surface area contributed by atoms with Crippen molar-refractivity contribution in [3.05, 3.63) is 87.4 Å². The maximum atomic E-state index is 14.4. The van der Waals surface area contributed by atoms with E-state index in [1.54, 1.807) is 0 Å². The molecule has 0 N–H and O–H groups in total. The van der Waals surface area contributed by atoms with Crippen LogP contribution in [0.5, 0.6) is 0 Å². The van der Waals surface area contributed by atoms with E-state index in [0.717, 1.165) is 32.8 Å². The van der Waals surface area contributed by atoms with Gasteiger partial charge in [-0.25, -0.2) is 8.78 Å². The fourth-order valence-electron chi connectivity index (χ4n) is 2.78. The first-order valence-corrected chi connectivity index (χ1v) is 8.55. The standard InChI is InChI=1S/C19H15F2IN2/c1-3-24-12(2)17(22)9-14(13-7-5-4-6-8-13)19(24)18-15(20)10-23-11-16(18)21/h4-11H,2-3H2,1H3. The number of halogens is 3. The van der Waals surface area contributed by atoms with Crippen LogP contribution in [-0.2, 0) is 0 Å². The summed E-state index contributed by atoms with van der Waals surface area (Å²) in [4.78, 5) is 5.43. The Labute approximate surface area is 153 Å². The first-order valence-electron chi connectivity index (χ1n) is 7.47. The van der Waals surface area contributed by atoms with Gasteiger partial charge in [0.05, 0.1) is 23.7 Å². The molecule has 1 aliphatic heterocycles. The lowest BCUT2D eigenvalue weighted by atomic mass is 9.95.